The number of hydrogen-bond donors (Lipinski definition) is 3. The summed E-state index contributed by atoms with van der Waals surface area (Å²) in [5.74, 6) is 0.644. The fourth-order valence-electron chi connectivity index (χ4n) is 4.20. The van der Waals surface area contributed by atoms with Crippen LogP contribution in [0.4, 0.5) is 16.2 Å². The van der Waals surface area contributed by atoms with E-state index in [1.54, 1.807) is 6.20 Å². The molecule has 33 heavy (non-hydrogen) atoms. The number of urea groups is 1. The number of anilines is 2. The van der Waals surface area contributed by atoms with Gasteiger partial charge < -0.3 is 30.1 Å². The van der Waals surface area contributed by atoms with Gasteiger partial charge in [-0.2, -0.15) is 4.98 Å². The lowest BCUT2D eigenvalue weighted by molar-refractivity contribution is 0.250. The van der Waals surface area contributed by atoms with Gasteiger partial charge in [0.05, 0.1) is 23.1 Å². The van der Waals surface area contributed by atoms with Crippen molar-refractivity contribution < 1.29 is 13.9 Å². The van der Waals surface area contributed by atoms with Crippen molar-refractivity contribution in [2.24, 2.45) is 0 Å². The number of rotatable bonds is 6. The van der Waals surface area contributed by atoms with Crippen LogP contribution < -0.4 is 21.1 Å². The van der Waals surface area contributed by atoms with Gasteiger partial charge in [0.1, 0.15) is 12.0 Å². The van der Waals surface area contributed by atoms with Crippen LogP contribution in [-0.4, -0.2) is 21.6 Å². The highest BCUT2D eigenvalue weighted by Gasteiger charge is 2.27. The van der Waals surface area contributed by atoms with Gasteiger partial charge in [0.2, 0.25) is 0 Å². The predicted molar refractivity (Wildman–Crippen MR) is 129 cm³/mol. The van der Waals surface area contributed by atoms with E-state index in [2.05, 4.69) is 20.2 Å². The molecule has 1 aliphatic carbocycles. The number of nitrogens with zero attached hydrogens (tertiary/aromatic N) is 2. The molecule has 170 valence electrons. The first-order valence-electron chi connectivity index (χ1n) is 11.2. The Balaban J connectivity index is 1.52. The maximum absolute atomic E-state index is 12.0. The number of oxazole rings is 1. The number of nitrogens with one attached hydrogen (secondary N) is 2. The van der Waals surface area contributed by atoms with Crippen LogP contribution >= 0.6 is 0 Å². The van der Waals surface area contributed by atoms with Crippen LogP contribution in [0.1, 0.15) is 39.2 Å². The number of nitrogen functional groups attached to an aromatic ring is 1. The molecule has 2 aromatic heterocycles. The van der Waals surface area contributed by atoms with E-state index in [0.29, 0.717) is 11.8 Å². The molecule has 8 nitrogen and oxygen atoms in total. The Morgan fingerprint density at radius 1 is 1.21 bits per heavy atom. The second kappa shape index (κ2) is 8.54. The van der Waals surface area contributed by atoms with Gasteiger partial charge in [-0.25, -0.2) is 4.79 Å². The van der Waals surface area contributed by atoms with Crippen molar-refractivity contribution in [2.45, 2.75) is 45.2 Å². The molecule has 0 aliphatic heterocycles. The van der Waals surface area contributed by atoms with E-state index in [0.717, 1.165) is 46.4 Å². The van der Waals surface area contributed by atoms with Gasteiger partial charge in [0, 0.05) is 34.8 Å². The number of nitrogens with two attached hydrogens (primary N) is 1. The van der Waals surface area contributed by atoms with Crippen LogP contribution in [0.25, 0.3) is 22.2 Å². The minimum atomic E-state index is -0.223. The summed E-state index contributed by atoms with van der Waals surface area (Å²) in [4.78, 5) is 16.1. The number of carbonyl (C=O) groups excluding carboxylic acids is 1. The highest BCUT2D eigenvalue weighted by Crippen LogP contribution is 2.45. The lowest BCUT2D eigenvalue weighted by atomic mass is 9.92. The Bertz CT molecular complexity index is 1270. The normalized spacial score (nSPS) is 13.8. The number of hydrogen-bond acceptors (Lipinski definition) is 5. The summed E-state index contributed by atoms with van der Waals surface area (Å²) < 4.78 is 13.3. The number of carbonyl (C=O) groups is 1. The van der Waals surface area contributed by atoms with Gasteiger partial charge in [-0.15, -0.1) is 0 Å². The lowest BCUT2D eigenvalue weighted by Gasteiger charge is -2.30. The molecule has 0 radical (unpaired) electrons. The fourth-order valence-corrected chi connectivity index (χ4v) is 4.20. The molecule has 5 rings (SSSR count). The molecule has 4 N–H and O–H groups in total. The van der Waals surface area contributed by atoms with Gasteiger partial charge >= 0.3 is 12.1 Å². The molecular formula is C25H27N5O3. The van der Waals surface area contributed by atoms with Gasteiger partial charge in [-0.05, 0) is 57.4 Å². The van der Waals surface area contributed by atoms with E-state index in [1.165, 1.54) is 12.7 Å². The summed E-state index contributed by atoms with van der Waals surface area (Å²) >= 11 is 0. The van der Waals surface area contributed by atoms with Gasteiger partial charge in [-0.1, -0.05) is 12.1 Å². The van der Waals surface area contributed by atoms with Crippen molar-refractivity contribution in [3.8, 4) is 23.1 Å². The third-order valence-corrected chi connectivity index (χ3v) is 5.91. The lowest BCUT2D eigenvalue weighted by Crippen LogP contribution is -2.34. The molecule has 0 saturated heterocycles. The van der Waals surface area contributed by atoms with E-state index in [9.17, 15) is 4.79 Å². The molecule has 2 aromatic carbocycles. The number of fused-ring (bicyclic) bond motifs is 1. The zero-order valence-electron chi connectivity index (χ0n) is 18.7. The van der Waals surface area contributed by atoms with E-state index in [-0.39, 0.29) is 18.1 Å². The zero-order chi connectivity index (χ0) is 22.9. The number of amides is 2. The topological polar surface area (TPSA) is 107 Å². The van der Waals surface area contributed by atoms with Crippen LogP contribution in [0, 0.1) is 0 Å². The van der Waals surface area contributed by atoms with Crippen LogP contribution in [-0.2, 0) is 0 Å². The van der Waals surface area contributed by atoms with Crippen molar-refractivity contribution in [1.82, 2.24) is 14.9 Å². The summed E-state index contributed by atoms with van der Waals surface area (Å²) in [6.45, 7) is 3.85. The van der Waals surface area contributed by atoms with Gasteiger partial charge in [0.15, 0.2) is 0 Å². The average molecular weight is 446 g/mol. The summed E-state index contributed by atoms with van der Waals surface area (Å²) in [6.07, 6.45) is 6.64. The van der Waals surface area contributed by atoms with Crippen molar-refractivity contribution in [2.75, 3.05) is 11.1 Å². The molecular weight excluding hydrogens is 418 g/mol. The minimum Gasteiger partial charge on any atom is -0.417 e. The largest absolute Gasteiger partial charge is 0.417 e. The third-order valence-electron chi connectivity index (χ3n) is 5.91. The second-order valence-corrected chi connectivity index (χ2v) is 8.63. The Morgan fingerprint density at radius 2 is 2.00 bits per heavy atom. The highest BCUT2D eigenvalue weighted by atomic mass is 16.6. The number of aromatic nitrogens is 2. The fraction of sp³-hybridized carbons (Fsp3) is 0.280. The van der Waals surface area contributed by atoms with Crippen LogP contribution in [0.15, 0.2) is 59.3 Å². The zero-order valence-corrected chi connectivity index (χ0v) is 18.7. The molecule has 1 aliphatic rings. The first kappa shape index (κ1) is 20.9. The van der Waals surface area contributed by atoms with E-state index < -0.39 is 0 Å². The van der Waals surface area contributed by atoms with Crippen LogP contribution in [0.2, 0.25) is 0 Å². The summed E-state index contributed by atoms with van der Waals surface area (Å²) in [7, 11) is 0. The Hall–Kier alpha value is -3.94. The van der Waals surface area contributed by atoms with Crippen molar-refractivity contribution in [3.05, 3.63) is 54.9 Å². The molecule has 1 saturated carbocycles. The van der Waals surface area contributed by atoms with E-state index in [4.69, 9.17) is 14.9 Å². The minimum absolute atomic E-state index is 0.0692. The van der Waals surface area contributed by atoms with Crippen molar-refractivity contribution in [3.63, 3.8) is 0 Å². The van der Waals surface area contributed by atoms with Gasteiger partial charge in [-0.3, -0.25) is 0 Å². The maximum atomic E-state index is 12.0. The first-order valence-corrected chi connectivity index (χ1v) is 11.2. The molecule has 8 heteroatoms. The highest BCUT2D eigenvalue weighted by molar-refractivity contribution is 6.02. The monoisotopic (exact) mass is 445 g/mol. The molecule has 1 fully saturated rings. The predicted octanol–water partition coefficient (Wildman–Crippen LogP) is 5.93. The molecule has 0 bridgehead atoms. The smallest absolute Gasteiger partial charge is 0.399 e. The number of ether oxygens (including phenoxy) is 1. The Kier molecular flexibility index (Phi) is 5.42. The summed E-state index contributed by atoms with van der Waals surface area (Å²) in [5, 5.41) is 6.67. The first-order chi connectivity index (χ1) is 16.0. The molecule has 0 unspecified atom stereocenters. The van der Waals surface area contributed by atoms with Crippen molar-refractivity contribution >= 4 is 28.3 Å². The molecule has 0 spiro atoms. The Labute approximate surface area is 191 Å². The molecule has 2 heterocycles. The van der Waals surface area contributed by atoms with Crippen molar-refractivity contribution in [1.29, 1.82) is 0 Å². The van der Waals surface area contributed by atoms with E-state index >= 15 is 0 Å². The maximum Gasteiger partial charge on any atom is 0.399 e. The quantitative estimate of drug-likeness (QED) is 0.341. The standard InChI is InChI=1S/C25H27N5O3/c1-15(2)28-24(31)29-17-8-6-16(7-9-17)23-22(26)20-11-10-19(33-25-27-12-13-32-25)14-21(20)30(23)18-4-3-5-18/h6-15,18H,3-5,26H2,1-2H3,(H2,28,29,31). The van der Waals surface area contributed by atoms with Gasteiger partial charge in [0.25, 0.3) is 0 Å². The molecule has 2 amide bonds. The average Bonchev–Trinajstić information content (AvgIpc) is 3.34. The SMILES string of the molecule is CC(C)NC(=O)Nc1ccc(-c2c(N)c3ccc(Oc4ncco4)cc3n2C2CCC2)cc1. The number of benzene rings is 2. The van der Waals surface area contributed by atoms with E-state index in [1.807, 2.05) is 56.3 Å². The molecule has 0 atom stereocenters. The van der Waals surface area contributed by atoms with Crippen LogP contribution in [0.5, 0.6) is 11.8 Å². The van der Waals surface area contributed by atoms with Crippen LogP contribution in [0.3, 0.4) is 0 Å². The third kappa shape index (κ3) is 4.11. The Morgan fingerprint density at radius 3 is 2.64 bits per heavy atom. The summed E-state index contributed by atoms with van der Waals surface area (Å²) in [5.41, 5.74) is 11.1. The second-order valence-electron chi connectivity index (χ2n) is 8.63. The summed E-state index contributed by atoms with van der Waals surface area (Å²) in [6, 6.07) is 13.9. The molecule has 4 aromatic rings.